The molecule has 28 heavy (non-hydrogen) atoms. The van der Waals surface area contributed by atoms with E-state index in [9.17, 15) is 23.1 Å². The van der Waals surface area contributed by atoms with Crippen molar-refractivity contribution in [2.45, 2.75) is 65.3 Å². The second-order valence-electron chi connectivity index (χ2n) is 7.95. The van der Waals surface area contributed by atoms with E-state index in [1.165, 1.54) is 0 Å². The lowest BCUT2D eigenvalue weighted by Gasteiger charge is -2.32. The first-order valence-electron chi connectivity index (χ1n) is 9.27. The third kappa shape index (κ3) is 4.66. The highest BCUT2D eigenvalue weighted by Crippen LogP contribution is 2.41. The number of hydrogen-bond acceptors (Lipinski definition) is 4. The zero-order valence-electron chi connectivity index (χ0n) is 16.8. The van der Waals surface area contributed by atoms with E-state index in [0.717, 1.165) is 11.1 Å². The Kier molecular flexibility index (Phi) is 6.43. The topological polar surface area (TPSA) is 62.1 Å². The quantitative estimate of drug-likeness (QED) is 0.771. The minimum absolute atomic E-state index is 0.0448. The van der Waals surface area contributed by atoms with Gasteiger partial charge in [0, 0.05) is 12.1 Å². The number of rotatable bonds is 6. The molecule has 1 heterocycles. The summed E-state index contributed by atoms with van der Waals surface area (Å²) < 4.78 is 46.0. The Hall–Kier alpha value is -2.09. The molecule has 1 aliphatic rings. The number of aliphatic hydroxyl groups is 1. The van der Waals surface area contributed by atoms with E-state index in [0.29, 0.717) is 5.75 Å². The zero-order chi connectivity index (χ0) is 21.3. The van der Waals surface area contributed by atoms with Crippen LogP contribution >= 0.6 is 0 Å². The maximum Gasteiger partial charge on any atom is 0.438 e. The van der Waals surface area contributed by atoms with Crippen LogP contribution in [0.15, 0.2) is 23.3 Å². The minimum Gasteiger partial charge on any atom is -0.483 e. The van der Waals surface area contributed by atoms with Gasteiger partial charge in [-0.1, -0.05) is 39.8 Å². The summed E-state index contributed by atoms with van der Waals surface area (Å²) in [6.07, 6.45) is -5.52. The summed E-state index contributed by atoms with van der Waals surface area (Å²) in [5.74, 6) is -0.456. The van der Waals surface area contributed by atoms with Crippen molar-refractivity contribution >= 4 is 11.6 Å². The van der Waals surface area contributed by atoms with Gasteiger partial charge in [0.2, 0.25) is 0 Å². The number of hydrazone groups is 1. The maximum atomic E-state index is 13.5. The number of hydrogen-bond donors (Lipinski definition) is 1. The van der Waals surface area contributed by atoms with Gasteiger partial charge in [0.1, 0.15) is 5.75 Å². The Morgan fingerprint density at radius 2 is 1.96 bits per heavy atom. The zero-order valence-corrected chi connectivity index (χ0v) is 16.8. The number of aryl methyl sites for hydroxylation is 1. The number of alkyl halides is 3. The molecule has 1 N–H and O–H groups in total. The average molecular weight is 400 g/mol. The van der Waals surface area contributed by atoms with Crippen LogP contribution in [0.25, 0.3) is 0 Å². The Labute approximate surface area is 163 Å². The average Bonchev–Trinajstić information content (AvgIpc) is 2.89. The van der Waals surface area contributed by atoms with Gasteiger partial charge < -0.3 is 9.84 Å². The molecular formula is C20H27F3N2O3. The summed E-state index contributed by atoms with van der Waals surface area (Å²) >= 11 is 0. The number of ether oxygens (including phenoxy) is 1. The van der Waals surface area contributed by atoms with Crippen LogP contribution in [-0.4, -0.2) is 40.2 Å². The van der Waals surface area contributed by atoms with Gasteiger partial charge in [-0.15, -0.1) is 0 Å². The SMILES string of the molecule is Cc1ccc(C(C)C)c(OCC(=O)N2N=C(CC(C)C)C[C@@]2(O)C(F)(F)F)c1. The number of carbonyl (C=O) groups excluding carboxylic acids is 1. The van der Waals surface area contributed by atoms with Crippen LogP contribution < -0.4 is 4.74 Å². The van der Waals surface area contributed by atoms with Crippen LogP contribution in [0.1, 0.15) is 57.6 Å². The van der Waals surface area contributed by atoms with Crippen LogP contribution in [0, 0.1) is 12.8 Å². The van der Waals surface area contributed by atoms with E-state index in [-0.39, 0.29) is 29.0 Å². The fourth-order valence-electron chi connectivity index (χ4n) is 3.13. The number of carbonyl (C=O) groups is 1. The predicted octanol–water partition coefficient (Wildman–Crippen LogP) is 4.38. The van der Waals surface area contributed by atoms with E-state index >= 15 is 0 Å². The molecule has 1 aliphatic heterocycles. The van der Waals surface area contributed by atoms with Crippen molar-refractivity contribution in [1.82, 2.24) is 5.01 Å². The van der Waals surface area contributed by atoms with Crippen molar-refractivity contribution in [3.63, 3.8) is 0 Å². The van der Waals surface area contributed by atoms with Crippen molar-refractivity contribution in [2.75, 3.05) is 6.61 Å². The third-order valence-electron chi connectivity index (χ3n) is 4.52. The van der Waals surface area contributed by atoms with E-state index in [1.807, 2.05) is 46.8 Å². The number of nitrogens with zero attached hydrogens (tertiary/aromatic N) is 2. The molecule has 156 valence electrons. The Balaban J connectivity index is 2.23. The first-order valence-corrected chi connectivity index (χ1v) is 9.27. The van der Waals surface area contributed by atoms with Gasteiger partial charge in [-0.25, -0.2) is 0 Å². The summed E-state index contributed by atoms with van der Waals surface area (Å²) in [5, 5.41) is 14.2. The second kappa shape index (κ2) is 8.11. The fraction of sp³-hybridized carbons (Fsp3) is 0.600. The van der Waals surface area contributed by atoms with Crippen LogP contribution in [0.4, 0.5) is 13.2 Å². The normalized spacial score (nSPS) is 20.1. The standard InChI is InChI=1S/C20H27F3N2O3/c1-12(2)8-15-10-19(27,20(21,22)23)25(24-15)18(26)11-28-17-9-14(5)6-7-16(17)13(3)4/h6-7,9,12-13,27H,8,10-11H2,1-5H3/t19-/m1/s1. The summed E-state index contributed by atoms with van der Waals surface area (Å²) in [4.78, 5) is 12.5. The van der Waals surface area contributed by atoms with Crippen molar-refractivity contribution in [2.24, 2.45) is 11.0 Å². The number of amides is 1. The van der Waals surface area contributed by atoms with E-state index < -0.39 is 30.8 Å². The molecule has 2 rings (SSSR count). The van der Waals surface area contributed by atoms with Gasteiger partial charge in [-0.3, -0.25) is 4.79 Å². The van der Waals surface area contributed by atoms with Gasteiger partial charge in [0.05, 0.1) is 0 Å². The number of benzene rings is 1. The molecule has 0 radical (unpaired) electrons. The maximum absolute atomic E-state index is 13.5. The van der Waals surface area contributed by atoms with Crippen LogP contribution in [0.3, 0.4) is 0 Å². The van der Waals surface area contributed by atoms with Crippen molar-refractivity contribution < 1.29 is 27.8 Å². The van der Waals surface area contributed by atoms with Crippen molar-refractivity contribution in [3.8, 4) is 5.75 Å². The molecule has 1 aromatic rings. The Morgan fingerprint density at radius 1 is 1.32 bits per heavy atom. The number of halogens is 3. The first-order chi connectivity index (χ1) is 12.8. The van der Waals surface area contributed by atoms with Gasteiger partial charge in [0.25, 0.3) is 11.6 Å². The molecule has 0 fully saturated rings. The molecule has 0 saturated carbocycles. The van der Waals surface area contributed by atoms with E-state index in [4.69, 9.17) is 4.74 Å². The highest BCUT2D eigenvalue weighted by Gasteiger charge is 2.63. The summed E-state index contributed by atoms with van der Waals surface area (Å²) in [5.41, 5.74) is -1.46. The molecule has 5 nitrogen and oxygen atoms in total. The first kappa shape index (κ1) is 22.2. The monoisotopic (exact) mass is 400 g/mol. The summed E-state index contributed by atoms with van der Waals surface area (Å²) in [6.45, 7) is 8.75. The molecule has 8 heteroatoms. The van der Waals surface area contributed by atoms with Crippen LogP contribution in [0.2, 0.25) is 0 Å². The molecule has 1 atom stereocenters. The molecule has 0 unspecified atom stereocenters. The molecule has 0 aliphatic carbocycles. The smallest absolute Gasteiger partial charge is 0.438 e. The van der Waals surface area contributed by atoms with Gasteiger partial charge in [-0.05, 0) is 42.4 Å². The second-order valence-corrected chi connectivity index (χ2v) is 7.95. The predicted molar refractivity (Wildman–Crippen MR) is 100 cm³/mol. The fourth-order valence-corrected chi connectivity index (χ4v) is 3.13. The minimum atomic E-state index is -5.03. The lowest BCUT2D eigenvalue weighted by molar-refractivity contribution is -0.302. The van der Waals surface area contributed by atoms with Crippen molar-refractivity contribution in [3.05, 3.63) is 29.3 Å². The molecule has 1 amide bonds. The van der Waals surface area contributed by atoms with E-state index in [1.54, 1.807) is 6.07 Å². The molecule has 0 saturated heterocycles. The van der Waals surface area contributed by atoms with Crippen molar-refractivity contribution in [1.29, 1.82) is 0 Å². The Morgan fingerprint density at radius 3 is 2.50 bits per heavy atom. The van der Waals surface area contributed by atoms with E-state index in [2.05, 4.69) is 5.10 Å². The lowest BCUT2D eigenvalue weighted by Crippen LogP contribution is -2.57. The largest absolute Gasteiger partial charge is 0.483 e. The van der Waals surface area contributed by atoms with Gasteiger partial charge in [-0.2, -0.15) is 23.3 Å². The highest BCUT2D eigenvalue weighted by atomic mass is 19.4. The molecule has 0 aromatic heterocycles. The lowest BCUT2D eigenvalue weighted by atomic mass is 9.99. The molecule has 0 bridgehead atoms. The summed E-state index contributed by atoms with van der Waals surface area (Å²) in [6, 6.07) is 5.49. The molecule has 1 aromatic carbocycles. The highest BCUT2D eigenvalue weighted by molar-refractivity contribution is 5.91. The van der Waals surface area contributed by atoms with Crippen LogP contribution in [0.5, 0.6) is 5.75 Å². The third-order valence-corrected chi connectivity index (χ3v) is 4.52. The van der Waals surface area contributed by atoms with Gasteiger partial charge >= 0.3 is 6.18 Å². The molecule has 0 spiro atoms. The van der Waals surface area contributed by atoms with Gasteiger partial charge in [0.15, 0.2) is 6.61 Å². The molecular weight excluding hydrogens is 373 g/mol. The Bertz CT molecular complexity index is 760. The summed E-state index contributed by atoms with van der Waals surface area (Å²) in [7, 11) is 0. The van der Waals surface area contributed by atoms with Crippen LogP contribution in [-0.2, 0) is 4.79 Å².